The summed E-state index contributed by atoms with van der Waals surface area (Å²) >= 11 is 0. The first-order valence-electron chi connectivity index (χ1n) is 10.2. The van der Waals surface area contributed by atoms with Gasteiger partial charge in [0.2, 0.25) is 15.9 Å². The molecule has 1 heterocycles. The van der Waals surface area contributed by atoms with Gasteiger partial charge in [-0.2, -0.15) is 4.31 Å². The van der Waals surface area contributed by atoms with Gasteiger partial charge in [0.15, 0.2) is 0 Å². The van der Waals surface area contributed by atoms with E-state index in [1.807, 2.05) is 30.3 Å². The zero-order valence-corrected chi connectivity index (χ0v) is 17.7. The summed E-state index contributed by atoms with van der Waals surface area (Å²) in [6.45, 7) is 2.90. The van der Waals surface area contributed by atoms with Crippen molar-refractivity contribution in [2.24, 2.45) is 5.92 Å². The highest BCUT2D eigenvalue weighted by molar-refractivity contribution is 7.89. The van der Waals surface area contributed by atoms with Crippen LogP contribution in [0, 0.1) is 17.6 Å². The summed E-state index contributed by atoms with van der Waals surface area (Å²) in [4.78, 5) is 14.4. The molecule has 2 aromatic carbocycles. The maximum Gasteiger partial charge on any atom is 0.245 e. The van der Waals surface area contributed by atoms with E-state index in [-0.39, 0.29) is 24.9 Å². The molecule has 30 heavy (non-hydrogen) atoms. The van der Waals surface area contributed by atoms with Crippen LogP contribution in [0.15, 0.2) is 53.4 Å². The number of para-hydroxylation sites is 1. The molecule has 0 spiro atoms. The zero-order chi connectivity index (χ0) is 21.7. The standard InChI is InChI=1S/C22H26F2N2O3S/c1-2-3-13-26(19-7-5-4-6-8-19)22(27)17-11-14-25(15-12-17)30(28,29)21-10-9-18(23)16-20(21)24/h4-10,16-17H,2-3,11-15H2,1H3. The predicted molar refractivity (Wildman–Crippen MR) is 112 cm³/mol. The molecule has 1 aliphatic heterocycles. The van der Waals surface area contributed by atoms with E-state index in [0.29, 0.717) is 25.5 Å². The minimum Gasteiger partial charge on any atom is -0.312 e. The molecule has 0 unspecified atom stereocenters. The highest BCUT2D eigenvalue weighted by Crippen LogP contribution is 2.28. The number of carbonyl (C=O) groups excluding carboxylic acids is 1. The number of nitrogens with zero attached hydrogens (tertiary/aromatic N) is 2. The van der Waals surface area contributed by atoms with Gasteiger partial charge in [0.1, 0.15) is 16.5 Å². The normalized spacial score (nSPS) is 15.8. The van der Waals surface area contributed by atoms with Crippen LogP contribution in [0.5, 0.6) is 0 Å². The van der Waals surface area contributed by atoms with Crippen LogP contribution in [0.3, 0.4) is 0 Å². The summed E-state index contributed by atoms with van der Waals surface area (Å²) < 4.78 is 53.8. The molecule has 5 nitrogen and oxygen atoms in total. The van der Waals surface area contributed by atoms with E-state index in [1.54, 1.807) is 4.90 Å². The number of sulfonamides is 1. The summed E-state index contributed by atoms with van der Waals surface area (Å²) in [5, 5.41) is 0. The van der Waals surface area contributed by atoms with E-state index in [2.05, 4.69) is 6.92 Å². The Kier molecular flexibility index (Phi) is 7.20. The molecule has 0 atom stereocenters. The molecule has 1 fully saturated rings. The summed E-state index contributed by atoms with van der Waals surface area (Å²) in [6.07, 6.45) is 2.54. The number of hydrogen-bond acceptors (Lipinski definition) is 3. The third kappa shape index (κ3) is 4.87. The lowest BCUT2D eigenvalue weighted by atomic mass is 9.96. The van der Waals surface area contributed by atoms with Crippen LogP contribution >= 0.6 is 0 Å². The van der Waals surface area contributed by atoms with E-state index >= 15 is 0 Å². The first-order chi connectivity index (χ1) is 14.3. The number of piperidine rings is 1. The molecular formula is C22H26F2N2O3S. The van der Waals surface area contributed by atoms with E-state index in [4.69, 9.17) is 0 Å². The van der Waals surface area contributed by atoms with E-state index in [9.17, 15) is 22.0 Å². The van der Waals surface area contributed by atoms with E-state index in [0.717, 1.165) is 30.7 Å². The summed E-state index contributed by atoms with van der Waals surface area (Å²) in [5.41, 5.74) is 0.833. The third-order valence-corrected chi connectivity index (χ3v) is 7.32. The van der Waals surface area contributed by atoms with Crippen molar-refractivity contribution in [3.05, 3.63) is 60.2 Å². The van der Waals surface area contributed by atoms with Crippen molar-refractivity contribution < 1.29 is 22.0 Å². The van der Waals surface area contributed by atoms with Crippen LogP contribution in [0.1, 0.15) is 32.6 Å². The third-order valence-electron chi connectivity index (χ3n) is 5.38. The van der Waals surface area contributed by atoms with Crippen LogP contribution < -0.4 is 4.90 Å². The SMILES string of the molecule is CCCCN(C(=O)C1CCN(S(=O)(=O)c2ccc(F)cc2F)CC1)c1ccccc1. The number of carbonyl (C=O) groups is 1. The van der Waals surface area contributed by atoms with Crippen molar-refractivity contribution in [2.45, 2.75) is 37.5 Å². The Balaban J connectivity index is 1.71. The fourth-order valence-corrected chi connectivity index (χ4v) is 5.19. The molecule has 1 saturated heterocycles. The molecule has 162 valence electrons. The number of anilines is 1. The summed E-state index contributed by atoms with van der Waals surface area (Å²) in [6, 6.07) is 11.9. The van der Waals surface area contributed by atoms with Crippen molar-refractivity contribution in [1.29, 1.82) is 0 Å². The molecule has 3 rings (SSSR count). The summed E-state index contributed by atoms with van der Waals surface area (Å²) in [5.74, 6) is -2.25. The fourth-order valence-electron chi connectivity index (χ4n) is 3.68. The molecule has 1 aliphatic rings. The van der Waals surface area contributed by atoms with Gasteiger partial charge in [0.05, 0.1) is 0 Å². The maximum atomic E-state index is 14.0. The number of hydrogen-bond donors (Lipinski definition) is 0. The van der Waals surface area contributed by atoms with Gasteiger partial charge in [0, 0.05) is 37.3 Å². The maximum absolute atomic E-state index is 14.0. The lowest BCUT2D eigenvalue weighted by Crippen LogP contribution is -2.45. The van der Waals surface area contributed by atoms with Gasteiger partial charge in [-0.3, -0.25) is 4.79 Å². The number of rotatable bonds is 7. The predicted octanol–water partition coefficient (Wildman–Crippen LogP) is 4.20. The Morgan fingerprint density at radius 1 is 1.10 bits per heavy atom. The second-order valence-corrected chi connectivity index (χ2v) is 9.34. The van der Waals surface area contributed by atoms with E-state index < -0.39 is 26.6 Å². The minimum absolute atomic E-state index is 0.0142. The minimum atomic E-state index is -4.08. The van der Waals surface area contributed by atoms with Crippen molar-refractivity contribution >= 4 is 21.6 Å². The summed E-state index contributed by atoms with van der Waals surface area (Å²) in [7, 11) is -4.08. The molecule has 0 radical (unpaired) electrons. The molecule has 2 aromatic rings. The Labute approximate surface area is 176 Å². The highest BCUT2D eigenvalue weighted by Gasteiger charge is 2.35. The number of unbranched alkanes of at least 4 members (excludes halogenated alkanes) is 1. The number of amides is 1. The number of halogens is 2. The van der Waals surface area contributed by atoms with Crippen LogP contribution in [0.25, 0.3) is 0 Å². The lowest BCUT2D eigenvalue weighted by molar-refractivity contribution is -0.123. The average Bonchev–Trinajstić information content (AvgIpc) is 2.74. The highest BCUT2D eigenvalue weighted by atomic mass is 32.2. The average molecular weight is 437 g/mol. The molecule has 0 saturated carbocycles. The molecular weight excluding hydrogens is 410 g/mol. The Bertz CT molecular complexity index is 975. The van der Waals surface area contributed by atoms with Gasteiger partial charge >= 0.3 is 0 Å². The second kappa shape index (κ2) is 9.66. The Morgan fingerprint density at radius 2 is 1.77 bits per heavy atom. The van der Waals surface area contributed by atoms with Gasteiger partial charge in [-0.05, 0) is 43.5 Å². The molecule has 0 aliphatic carbocycles. The Morgan fingerprint density at radius 3 is 2.37 bits per heavy atom. The molecule has 0 N–H and O–H groups in total. The quantitative estimate of drug-likeness (QED) is 0.654. The monoisotopic (exact) mass is 436 g/mol. The van der Waals surface area contributed by atoms with Gasteiger partial charge in [-0.15, -0.1) is 0 Å². The molecule has 8 heteroatoms. The topological polar surface area (TPSA) is 57.7 Å². The number of benzene rings is 2. The first kappa shape index (κ1) is 22.4. The molecule has 1 amide bonds. The van der Waals surface area contributed by atoms with Crippen LogP contribution in [0.2, 0.25) is 0 Å². The first-order valence-corrected chi connectivity index (χ1v) is 11.6. The van der Waals surface area contributed by atoms with Gasteiger partial charge in [0.25, 0.3) is 0 Å². The Hall–Kier alpha value is -2.32. The van der Waals surface area contributed by atoms with Crippen molar-refractivity contribution in [3.63, 3.8) is 0 Å². The van der Waals surface area contributed by atoms with Gasteiger partial charge < -0.3 is 4.90 Å². The van der Waals surface area contributed by atoms with Crippen molar-refractivity contribution in [2.75, 3.05) is 24.5 Å². The smallest absolute Gasteiger partial charge is 0.245 e. The zero-order valence-electron chi connectivity index (χ0n) is 16.9. The van der Waals surface area contributed by atoms with Gasteiger partial charge in [-0.25, -0.2) is 17.2 Å². The lowest BCUT2D eigenvalue weighted by Gasteiger charge is -2.34. The molecule has 0 bridgehead atoms. The van der Waals surface area contributed by atoms with Gasteiger partial charge in [-0.1, -0.05) is 31.5 Å². The molecule has 0 aromatic heterocycles. The van der Waals surface area contributed by atoms with Crippen molar-refractivity contribution in [3.8, 4) is 0 Å². The van der Waals surface area contributed by atoms with Crippen molar-refractivity contribution in [1.82, 2.24) is 4.31 Å². The fraction of sp³-hybridized carbons (Fsp3) is 0.409. The van der Waals surface area contributed by atoms with E-state index in [1.165, 1.54) is 4.31 Å². The largest absolute Gasteiger partial charge is 0.312 e. The van der Waals surface area contributed by atoms with Crippen LogP contribution in [0.4, 0.5) is 14.5 Å². The van der Waals surface area contributed by atoms with Crippen LogP contribution in [-0.4, -0.2) is 38.3 Å². The van der Waals surface area contributed by atoms with Crippen LogP contribution in [-0.2, 0) is 14.8 Å². The second-order valence-electron chi connectivity index (χ2n) is 7.43.